The number of carboxylic acids is 2. The maximum absolute atomic E-state index is 13.6. The van der Waals surface area contributed by atoms with E-state index in [0.717, 1.165) is 0 Å². The lowest BCUT2D eigenvalue weighted by molar-refractivity contribution is -0.192. The first-order valence-electron chi connectivity index (χ1n) is 15.7. The minimum atomic E-state index is -5.08. The van der Waals surface area contributed by atoms with Gasteiger partial charge in [-0.15, -0.1) is 0 Å². The van der Waals surface area contributed by atoms with Gasteiger partial charge in [-0.05, 0) is 48.9 Å². The van der Waals surface area contributed by atoms with Crippen LogP contribution in [0.5, 0.6) is 5.75 Å². The van der Waals surface area contributed by atoms with E-state index >= 15 is 0 Å². The van der Waals surface area contributed by atoms with E-state index < -0.39 is 84.8 Å². The number of halogens is 3. The number of carbonyl (C=O) groups is 7. The Morgan fingerprint density at radius 2 is 1.34 bits per heavy atom. The van der Waals surface area contributed by atoms with Crippen LogP contribution in [0.1, 0.15) is 44.1 Å². The maximum Gasteiger partial charge on any atom is 0.490 e. The molecule has 1 aromatic rings. The van der Waals surface area contributed by atoms with Gasteiger partial charge in [-0.3, -0.25) is 33.8 Å². The molecule has 0 saturated carbocycles. The Kier molecular flexibility index (Phi) is 19.0. The van der Waals surface area contributed by atoms with Crippen LogP contribution in [-0.4, -0.2) is 113 Å². The minimum Gasteiger partial charge on any atom is -0.508 e. The molecule has 1 aliphatic heterocycles. The topological polar surface area (TPSA) is 353 Å². The van der Waals surface area contributed by atoms with Gasteiger partial charge in [0, 0.05) is 24.4 Å². The average Bonchev–Trinajstić information content (AvgIpc) is 3.07. The summed E-state index contributed by atoms with van der Waals surface area (Å²) in [6, 6.07) is 0.363. The lowest BCUT2D eigenvalue weighted by Crippen LogP contribution is -2.58. The third-order valence-corrected chi connectivity index (χ3v) is 6.98. The van der Waals surface area contributed by atoms with Gasteiger partial charge >= 0.3 is 18.1 Å². The fourth-order valence-electron chi connectivity index (χ4n) is 4.43. The van der Waals surface area contributed by atoms with Crippen LogP contribution in [-0.2, 0) is 40.0 Å². The number of guanidine groups is 1. The second-order valence-electron chi connectivity index (χ2n) is 11.2. The van der Waals surface area contributed by atoms with Crippen molar-refractivity contribution in [3.05, 3.63) is 40.3 Å². The number of carboxylic acid groups (broad SMARTS) is 2. The Labute approximate surface area is 298 Å². The molecule has 292 valence electrons. The number of alkyl halides is 3. The van der Waals surface area contributed by atoms with Crippen molar-refractivity contribution in [1.29, 1.82) is 0 Å². The van der Waals surface area contributed by atoms with Crippen molar-refractivity contribution in [2.75, 3.05) is 19.6 Å². The smallest absolute Gasteiger partial charge is 0.490 e. The number of phenolic OH excluding ortho intramolecular Hbond substituents is 1. The van der Waals surface area contributed by atoms with E-state index in [1.165, 1.54) is 24.3 Å². The highest BCUT2D eigenvalue weighted by molar-refractivity contribution is 5.98. The van der Waals surface area contributed by atoms with Gasteiger partial charge in [0.05, 0.1) is 13.0 Å². The van der Waals surface area contributed by atoms with E-state index in [1.807, 2.05) is 0 Å². The standard InChI is InChI=1S/C27H39N11O8.C2HF3O2/c28-27(29)31-10-3-5-17-23(43)32-14-21(40)34-20(13-22(41)42)26(46)37-19(12-15-6-8-16(39)9-7-15)25(45)36-18(24(44)35-17)4-1-2-11-33-38-30;3-2(4,5)1(6)7/h6-9,17-20,39H,1-5,10-14H2,(H,32,43)(H,34,40)(H,35,44)(H,36,45)(H,37,46)(H,41,42)(H4,28,29,31);(H,6,7). The molecule has 2 rings (SSSR count). The number of benzene rings is 1. The summed E-state index contributed by atoms with van der Waals surface area (Å²) in [5.74, 6) is -8.60. The van der Waals surface area contributed by atoms with Crippen LogP contribution >= 0.6 is 0 Å². The Bertz CT molecular complexity index is 1530. The van der Waals surface area contributed by atoms with Crippen molar-refractivity contribution in [2.45, 2.75) is 75.3 Å². The number of nitrogens with one attached hydrogen (secondary N) is 5. The van der Waals surface area contributed by atoms with Crippen LogP contribution in [0.25, 0.3) is 10.4 Å². The summed E-state index contributed by atoms with van der Waals surface area (Å²) >= 11 is 0. The number of aliphatic carboxylic acids is 2. The number of carbonyl (C=O) groups excluding carboxylic acids is 5. The van der Waals surface area contributed by atoms with Crippen LogP contribution in [0.4, 0.5) is 13.2 Å². The number of aromatic hydroxyl groups is 1. The van der Waals surface area contributed by atoms with Gasteiger partial charge < -0.3 is 53.4 Å². The molecule has 0 spiro atoms. The van der Waals surface area contributed by atoms with E-state index in [2.05, 4.69) is 41.6 Å². The Hall–Kier alpha value is -6.32. The highest BCUT2D eigenvalue weighted by atomic mass is 19.4. The molecule has 1 aliphatic rings. The number of hydrogen-bond acceptors (Lipinski definition) is 10. The van der Waals surface area contributed by atoms with Crippen molar-refractivity contribution in [2.24, 2.45) is 21.6 Å². The normalized spacial score (nSPS) is 19.8. The number of nitrogens with zero attached hydrogens (tertiary/aromatic N) is 4. The first-order chi connectivity index (χ1) is 24.8. The fourth-order valence-corrected chi connectivity index (χ4v) is 4.43. The molecule has 53 heavy (non-hydrogen) atoms. The average molecular weight is 760 g/mol. The summed E-state index contributed by atoms with van der Waals surface area (Å²) in [6.45, 7) is -0.384. The Morgan fingerprint density at radius 1 is 0.811 bits per heavy atom. The van der Waals surface area contributed by atoms with Gasteiger partial charge in [-0.1, -0.05) is 23.7 Å². The molecule has 1 aromatic carbocycles. The van der Waals surface area contributed by atoms with Crippen LogP contribution in [0.15, 0.2) is 34.4 Å². The van der Waals surface area contributed by atoms with E-state index in [0.29, 0.717) is 18.4 Å². The third kappa shape index (κ3) is 18.5. The second kappa shape index (κ2) is 22.5. The summed E-state index contributed by atoms with van der Waals surface area (Å²) in [4.78, 5) is 93.0. The molecule has 0 aliphatic carbocycles. The number of azide groups is 1. The Balaban J connectivity index is 0.00000181. The predicted octanol–water partition coefficient (Wildman–Crippen LogP) is -1.35. The number of nitrogens with two attached hydrogens (primary N) is 2. The molecule has 1 saturated heterocycles. The van der Waals surface area contributed by atoms with Gasteiger partial charge in [-0.2, -0.15) is 13.2 Å². The van der Waals surface area contributed by atoms with Crippen LogP contribution < -0.4 is 38.1 Å². The molecule has 5 amide bonds. The molecule has 4 unspecified atom stereocenters. The highest BCUT2D eigenvalue weighted by Crippen LogP contribution is 2.14. The van der Waals surface area contributed by atoms with Crippen molar-refractivity contribution >= 4 is 47.4 Å². The SMILES string of the molecule is O=C(O)C(F)(F)F.[N-]=[N+]=NCCCCC1NC(=O)C(Cc2ccc(O)cc2)NC(=O)C(CC(=O)O)NC(=O)CNC(=O)C(CCCN=C(N)N)NC1=O. The fraction of sp³-hybridized carbons (Fsp3) is 0.517. The minimum absolute atomic E-state index is 0.0404. The van der Waals surface area contributed by atoms with Gasteiger partial charge in [-0.25, -0.2) is 4.79 Å². The zero-order valence-corrected chi connectivity index (χ0v) is 28.0. The van der Waals surface area contributed by atoms with Crippen molar-refractivity contribution in [1.82, 2.24) is 26.6 Å². The van der Waals surface area contributed by atoms with Crippen LogP contribution in [0.2, 0.25) is 0 Å². The van der Waals surface area contributed by atoms with Crippen LogP contribution in [0, 0.1) is 0 Å². The van der Waals surface area contributed by atoms with E-state index in [1.54, 1.807) is 0 Å². The van der Waals surface area contributed by atoms with Gasteiger partial charge in [0.2, 0.25) is 29.5 Å². The maximum atomic E-state index is 13.6. The largest absolute Gasteiger partial charge is 0.508 e. The molecule has 24 heteroatoms. The molecule has 12 N–H and O–H groups in total. The molecule has 1 fully saturated rings. The first-order valence-corrected chi connectivity index (χ1v) is 15.7. The lowest BCUT2D eigenvalue weighted by atomic mass is 10.0. The Morgan fingerprint density at radius 3 is 1.89 bits per heavy atom. The van der Waals surface area contributed by atoms with Gasteiger partial charge in [0.1, 0.15) is 29.9 Å². The number of aliphatic imine (C=N–C) groups is 1. The third-order valence-electron chi connectivity index (χ3n) is 6.98. The molecule has 1 heterocycles. The molecule has 21 nitrogen and oxygen atoms in total. The summed E-state index contributed by atoms with van der Waals surface area (Å²) in [7, 11) is 0. The van der Waals surface area contributed by atoms with E-state index in [9.17, 15) is 52.2 Å². The predicted molar refractivity (Wildman–Crippen MR) is 176 cm³/mol. The molecular formula is C29H40F3N11O10. The zero-order valence-electron chi connectivity index (χ0n) is 28.0. The van der Waals surface area contributed by atoms with Crippen molar-refractivity contribution in [3.63, 3.8) is 0 Å². The second-order valence-corrected chi connectivity index (χ2v) is 11.2. The quantitative estimate of drug-likeness (QED) is 0.0279. The number of rotatable bonds is 13. The van der Waals surface area contributed by atoms with Crippen molar-refractivity contribution in [3.8, 4) is 5.75 Å². The summed E-state index contributed by atoms with van der Waals surface area (Å²) in [5.41, 5.74) is 19.7. The van der Waals surface area contributed by atoms with Crippen molar-refractivity contribution < 1.29 is 62.1 Å². The molecule has 0 aromatic heterocycles. The summed E-state index contributed by atoms with van der Waals surface area (Å²) in [6.07, 6.45) is -5.00. The summed E-state index contributed by atoms with van der Waals surface area (Å²) < 4.78 is 31.7. The molecular weight excluding hydrogens is 719 g/mol. The highest BCUT2D eigenvalue weighted by Gasteiger charge is 2.38. The molecule has 0 radical (unpaired) electrons. The number of hydrogen-bond donors (Lipinski definition) is 10. The first kappa shape index (κ1) is 44.7. The summed E-state index contributed by atoms with van der Waals surface area (Å²) in [5, 5.41) is 41.9. The van der Waals surface area contributed by atoms with Crippen LogP contribution in [0.3, 0.4) is 0 Å². The van der Waals surface area contributed by atoms with E-state index in [-0.39, 0.29) is 50.5 Å². The number of amides is 5. The van der Waals surface area contributed by atoms with Gasteiger partial charge in [0.15, 0.2) is 5.96 Å². The number of phenols is 1. The van der Waals surface area contributed by atoms with E-state index in [4.69, 9.17) is 26.9 Å². The lowest BCUT2D eigenvalue weighted by Gasteiger charge is -2.26. The molecule has 4 atom stereocenters. The zero-order chi connectivity index (χ0) is 40.1. The van der Waals surface area contributed by atoms with Gasteiger partial charge in [0.25, 0.3) is 0 Å². The number of unbranched alkanes of at least 4 members (excludes halogenated alkanes) is 1. The monoisotopic (exact) mass is 759 g/mol. The molecule has 0 bridgehead atoms.